The lowest BCUT2D eigenvalue weighted by Crippen LogP contribution is -2.02. The van der Waals surface area contributed by atoms with Crippen LogP contribution in [0.5, 0.6) is 0 Å². The van der Waals surface area contributed by atoms with Gasteiger partial charge in [-0.2, -0.15) is 0 Å². The molecule has 0 atom stereocenters. The Hall–Kier alpha value is -8.67. The molecular weight excluding hydrogens is 779 g/mol. The van der Waals surface area contributed by atoms with Crippen molar-refractivity contribution in [2.45, 2.75) is 0 Å². The quantitative estimate of drug-likeness (QED) is 0.168. The lowest BCUT2D eigenvalue weighted by atomic mass is 10.0. The van der Waals surface area contributed by atoms with Crippen LogP contribution < -0.4 is 0 Å². The van der Waals surface area contributed by atoms with Crippen molar-refractivity contribution in [3.05, 3.63) is 224 Å². The van der Waals surface area contributed by atoms with Gasteiger partial charge in [-0.25, -0.2) is 15.0 Å². The maximum absolute atomic E-state index is 5.36. The van der Waals surface area contributed by atoms with Crippen molar-refractivity contribution < 1.29 is 0 Å². The second-order valence-corrected chi connectivity index (χ2v) is 16.4. The van der Waals surface area contributed by atoms with E-state index >= 15 is 0 Å². The number of nitrogens with zero attached hydrogens (tertiary/aromatic N) is 5. The summed E-state index contributed by atoms with van der Waals surface area (Å²) in [6.07, 6.45) is 0. The van der Waals surface area contributed by atoms with Crippen LogP contribution in [0.25, 0.3) is 122 Å². The van der Waals surface area contributed by atoms with Gasteiger partial charge < -0.3 is 9.13 Å². The van der Waals surface area contributed by atoms with Crippen molar-refractivity contribution in [2.24, 2.45) is 0 Å². The minimum atomic E-state index is 0.619. The van der Waals surface area contributed by atoms with Crippen LogP contribution in [0.1, 0.15) is 0 Å². The maximum atomic E-state index is 5.36. The van der Waals surface area contributed by atoms with Crippen molar-refractivity contribution >= 4 is 65.2 Å². The lowest BCUT2D eigenvalue weighted by molar-refractivity contribution is 1.08. The standard InChI is InChI=1S/C59H37N5/c1-3-15-38(16-4-1)39-27-29-40(30-28-39)57-60-58(43-31-33-55-50(36-43)47-23-11-13-25-52(47)63(55)44-19-5-2-6-20-44)62-59(61-57)49-32-34-54(46-22-10-9-21-45(46)49)64-53-26-14-12-24-48(53)51-35-41-17-7-8-18-42(41)37-56(51)64/h1-37H. The Balaban J connectivity index is 1.02. The van der Waals surface area contributed by atoms with Crippen LogP contribution in [0.4, 0.5) is 0 Å². The summed E-state index contributed by atoms with van der Waals surface area (Å²) in [6, 6.07) is 79.8. The van der Waals surface area contributed by atoms with Gasteiger partial charge in [0.1, 0.15) is 0 Å². The molecule has 13 aromatic rings. The van der Waals surface area contributed by atoms with Gasteiger partial charge in [0.2, 0.25) is 0 Å². The molecule has 5 nitrogen and oxygen atoms in total. The molecule has 0 N–H and O–H groups in total. The highest BCUT2D eigenvalue weighted by Crippen LogP contribution is 2.40. The summed E-state index contributed by atoms with van der Waals surface area (Å²) in [7, 11) is 0. The summed E-state index contributed by atoms with van der Waals surface area (Å²) >= 11 is 0. The highest BCUT2D eigenvalue weighted by Gasteiger charge is 2.20. The Morgan fingerprint density at radius 1 is 0.266 bits per heavy atom. The number of fused-ring (bicyclic) bond motifs is 8. The van der Waals surface area contributed by atoms with Crippen molar-refractivity contribution in [1.82, 2.24) is 24.1 Å². The summed E-state index contributed by atoms with van der Waals surface area (Å²) in [5, 5.41) is 9.40. The zero-order valence-corrected chi connectivity index (χ0v) is 34.6. The molecule has 64 heavy (non-hydrogen) atoms. The third kappa shape index (κ3) is 5.75. The Kier molecular flexibility index (Phi) is 8.15. The maximum Gasteiger partial charge on any atom is 0.164 e. The highest BCUT2D eigenvalue weighted by atomic mass is 15.0. The van der Waals surface area contributed by atoms with Crippen LogP contribution in [-0.2, 0) is 0 Å². The number of hydrogen-bond donors (Lipinski definition) is 0. The molecule has 0 saturated carbocycles. The van der Waals surface area contributed by atoms with E-state index in [1.807, 2.05) is 6.07 Å². The smallest absolute Gasteiger partial charge is 0.164 e. The summed E-state index contributed by atoms with van der Waals surface area (Å²) in [6.45, 7) is 0. The molecule has 3 heterocycles. The number of rotatable bonds is 6. The summed E-state index contributed by atoms with van der Waals surface area (Å²) in [4.78, 5) is 15.9. The second-order valence-electron chi connectivity index (χ2n) is 16.4. The summed E-state index contributed by atoms with van der Waals surface area (Å²) < 4.78 is 4.75. The SMILES string of the molecule is c1ccc(-c2ccc(-c3nc(-c4ccc5c(c4)c4ccccc4n5-c4ccccc4)nc(-c4ccc(-n5c6ccccc6c6cc7ccccc7cc65)c5ccccc45)n3)cc2)cc1. The van der Waals surface area contributed by atoms with Gasteiger partial charge in [-0.05, 0) is 94.0 Å². The van der Waals surface area contributed by atoms with Crippen molar-refractivity contribution in [3.63, 3.8) is 0 Å². The minimum absolute atomic E-state index is 0.619. The van der Waals surface area contributed by atoms with Gasteiger partial charge in [0.15, 0.2) is 17.5 Å². The fraction of sp³-hybridized carbons (Fsp3) is 0. The second kappa shape index (κ2) is 14.5. The average molecular weight is 816 g/mol. The highest BCUT2D eigenvalue weighted by molar-refractivity contribution is 6.15. The van der Waals surface area contributed by atoms with Crippen LogP contribution in [0, 0.1) is 0 Å². The van der Waals surface area contributed by atoms with E-state index in [4.69, 9.17) is 15.0 Å². The molecule has 0 aliphatic heterocycles. The van der Waals surface area contributed by atoms with Crippen LogP contribution in [0.15, 0.2) is 224 Å². The molecule has 0 radical (unpaired) electrons. The third-order valence-corrected chi connectivity index (χ3v) is 12.8. The van der Waals surface area contributed by atoms with Crippen LogP contribution in [0.3, 0.4) is 0 Å². The summed E-state index contributed by atoms with van der Waals surface area (Å²) in [5.41, 5.74) is 11.9. The monoisotopic (exact) mass is 815 g/mol. The van der Waals surface area contributed by atoms with Crippen molar-refractivity contribution in [2.75, 3.05) is 0 Å². The average Bonchev–Trinajstić information content (AvgIpc) is 3.87. The Labute approximate surface area is 368 Å². The topological polar surface area (TPSA) is 48.5 Å². The van der Waals surface area contributed by atoms with E-state index < -0.39 is 0 Å². The number of benzene rings is 10. The molecule has 0 unspecified atom stereocenters. The molecular formula is C59H37N5. The van der Waals surface area contributed by atoms with Crippen LogP contribution in [-0.4, -0.2) is 24.1 Å². The molecule has 5 heteroatoms. The predicted molar refractivity (Wildman–Crippen MR) is 265 cm³/mol. The number of hydrogen-bond acceptors (Lipinski definition) is 3. The van der Waals surface area contributed by atoms with Gasteiger partial charge in [-0.3, -0.25) is 0 Å². The normalized spacial score (nSPS) is 11.8. The van der Waals surface area contributed by atoms with Gasteiger partial charge in [0.25, 0.3) is 0 Å². The third-order valence-electron chi connectivity index (χ3n) is 12.8. The van der Waals surface area contributed by atoms with E-state index in [1.165, 1.54) is 38.0 Å². The molecule has 13 rings (SSSR count). The number of para-hydroxylation sites is 3. The van der Waals surface area contributed by atoms with E-state index in [-0.39, 0.29) is 0 Å². The molecule has 0 amide bonds. The van der Waals surface area contributed by atoms with Crippen LogP contribution >= 0.6 is 0 Å². The first-order valence-electron chi connectivity index (χ1n) is 21.7. The van der Waals surface area contributed by atoms with Crippen molar-refractivity contribution in [1.29, 1.82) is 0 Å². The predicted octanol–water partition coefficient (Wildman–Crippen LogP) is 15.0. The molecule has 0 saturated heterocycles. The van der Waals surface area contributed by atoms with E-state index in [0.717, 1.165) is 66.4 Å². The van der Waals surface area contributed by atoms with Crippen molar-refractivity contribution in [3.8, 4) is 56.7 Å². The van der Waals surface area contributed by atoms with E-state index in [0.29, 0.717) is 17.5 Å². The largest absolute Gasteiger partial charge is 0.309 e. The number of aromatic nitrogens is 5. The zero-order chi connectivity index (χ0) is 42.1. The molecule has 0 bridgehead atoms. The van der Waals surface area contributed by atoms with E-state index in [2.05, 4.69) is 228 Å². The molecule has 3 aromatic heterocycles. The van der Waals surface area contributed by atoms with E-state index in [9.17, 15) is 0 Å². The van der Waals surface area contributed by atoms with Gasteiger partial charge in [-0.15, -0.1) is 0 Å². The fourth-order valence-corrected chi connectivity index (χ4v) is 9.75. The molecule has 0 aliphatic carbocycles. The Morgan fingerprint density at radius 2 is 0.766 bits per heavy atom. The first-order valence-corrected chi connectivity index (χ1v) is 21.7. The van der Waals surface area contributed by atoms with Gasteiger partial charge in [-0.1, -0.05) is 158 Å². The lowest BCUT2D eigenvalue weighted by Gasteiger charge is -2.15. The van der Waals surface area contributed by atoms with Gasteiger partial charge >= 0.3 is 0 Å². The minimum Gasteiger partial charge on any atom is -0.309 e. The molecule has 298 valence electrons. The fourth-order valence-electron chi connectivity index (χ4n) is 9.75. The van der Waals surface area contributed by atoms with E-state index in [1.54, 1.807) is 0 Å². The molecule has 0 aliphatic rings. The molecule has 0 spiro atoms. The zero-order valence-electron chi connectivity index (χ0n) is 34.6. The van der Waals surface area contributed by atoms with Gasteiger partial charge in [0.05, 0.1) is 27.8 Å². The Bertz CT molecular complexity index is 3940. The first-order chi connectivity index (χ1) is 31.7. The Morgan fingerprint density at radius 3 is 1.50 bits per heavy atom. The van der Waals surface area contributed by atoms with Gasteiger partial charge in [0, 0.05) is 49.3 Å². The van der Waals surface area contributed by atoms with Crippen LogP contribution in [0.2, 0.25) is 0 Å². The molecule has 10 aromatic carbocycles. The molecule has 0 fully saturated rings. The first kappa shape index (κ1) is 36.0. The summed E-state index contributed by atoms with van der Waals surface area (Å²) in [5.74, 6) is 1.86.